The Morgan fingerprint density at radius 1 is 1.47 bits per heavy atom. The summed E-state index contributed by atoms with van der Waals surface area (Å²) in [4.78, 5) is 12.0. The molecule has 0 aromatic carbocycles. The molecule has 1 fully saturated rings. The number of nitrogens with one attached hydrogen (secondary N) is 2. The van der Waals surface area contributed by atoms with Crippen LogP contribution in [0, 0.1) is 0 Å². The van der Waals surface area contributed by atoms with Gasteiger partial charge in [-0.15, -0.1) is 0 Å². The Hall–Kier alpha value is -1.42. The number of imidazole rings is 1. The van der Waals surface area contributed by atoms with Crippen LogP contribution in [0.1, 0.15) is 25.6 Å². The van der Waals surface area contributed by atoms with E-state index in [2.05, 4.69) is 27.2 Å². The van der Waals surface area contributed by atoms with Crippen molar-refractivity contribution >= 4 is 11.0 Å². The normalized spacial score (nSPS) is 26.2. The Bertz CT molecular complexity index is 449. The van der Waals surface area contributed by atoms with Gasteiger partial charge in [-0.05, 0) is 32.4 Å². The molecule has 0 spiro atoms. The summed E-state index contributed by atoms with van der Waals surface area (Å²) in [7, 11) is 0. The Morgan fingerprint density at radius 3 is 3.13 bits per heavy atom. The van der Waals surface area contributed by atoms with Crippen LogP contribution in [-0.4, -0.2) is 21.5 Å². The van der Waals surface area contributed by atoms with Gasteiger partial charge in [0.2, 0.25) is 0 Å². The largest absolute Gasteiger partial charge is 0.339 e. The van der Waals surface area contributed by atoms with E-state index >= 15 is 0 Å². The predicted octanol–water partition coefficient (Wildman–Crippen LogP) is 1.56. The molecule has 0 saturated carbocycles. The maximum atomic E-state index is 4.61. The minimum Gasteiger partial charge on any atom is -0.339 e. The standard InChI is InChI=1S/C11H14N4/c1-11(4-2-5-13-11)10-14-8-3-6-12-7-9(8)15-10/h3,6-7,13H,2,4-5H2,1H3,(H,14,15). The SMILES string of the molecule is CC1(c2nc3ccncc3[nH]2)CCCN1. The lowest BCUT2D eigenvalue weighted by molar-refractivity contribution is 0.412. The zero-order chi connectivity index (χ0) is 10.3. The molecule has 3 heterocycles. The summed E-state index contributed by atoms with van der Waals surface area (Å²) in [6.45, 7) is 3.27. The highest BCUT2D eigenvalue weighted by atomic mass is 15.1. The van der Waals surface area contributed by atoms with Gasteiger partial charge in [-0.3, -0.25) is 4.98 Å². The second kappa shape index (κ2) is 3.03. The van der Waals surface area contributed by atoms with Crippen molar-refractivity contribution in [2.45, 2.75) is 25.3 Å². The lowest BCUT2D eigenvalue weighted by Gasteiger charge is -2.20. The Labute approximate surface area is 88.1 Å². The first-order valence-electron chi connectivity index (χ1n) is 5.33. The zero-order valence-electron chi connectivity index (χ0n) is 8.75. The van der Waals surface area contributed by atoms with Crippen LogP contribution < -0.4 is 5.32 Å². The number of fused-ring (bicyclic) bond motifs is 1. The summed E-state index contributed by atoms with van der Waals surface area (Å²) in [6, 6.07) is 1.94. The van der Waals surface area contributed by atoms with Crippen LogP contribution in [0.25, 0.3) is 11.0 Å². The van der Waals surface area contributed by atoms with Crippen molar-refractivity contribution < 1.29 is 0 Å². The summed E-state index contributed by atoms with van der Waals surface area (Å²) < 4.78 is 0. The topological polar surface area (TPSA) is 53.6 Å². The molecule has 4 nitrogen and oxygen atoms in total. The fourth-order valence-corrected chi connectivity index (χ4v) is 2.21. The number of H-pyrrole nitrogens is 1. The zero-order valence-corrected chi connectivity index (χ0v) is 8.75. The minimum atomic E-state index is 0.0129. The fraction of sp³-hybridized carbons (Fsp3) is 0.455. The Balaban J connectivity index is 2.11. The maximum Gasteiger partial charge on any atom is 0.127 e. The summed E-state index contributed by atoms with van der Waals surface area (Å²) >= 11 is 0. The van der Waals surface area contributed by atoms with Crippen LogP contribution in [0.2, 0.25) is 0 Å². The number of pyridine rings is 1. The van der Waals surface area contributed by atoms with Crippen LogP contribution in [0.5, 0.6) is 0 Å². The van der Waals surface area contributed by atoms with Crippen molar-refractivity contribution in [1.29, 1.82) is 0 Å². The molecule has 1 aliphatic heterocycles. The minimum absolute atomic E-state index is 0.0129. The molecular weight excluding hydrogens is 188 g/mol. The number of hydrogen-bond acceptors (Lipinski definition) is 3. The van der Waals surface area contributed by atoms with Gasteiger partial charge in [0.05, 0.1) is 22.8 Å². The molecule has 1 saturated heterocycles. The quantitative estimate of drug-likeness (QED) is 0.737. The molecule has 0 amide bonds. The van der Waals surface area contributed by atoms with Crippen LogP contribution in [0.4, 0.5) is 0 Å². The molecule has 15 heavy (non-hydrogen) atoms. The first-order chi connectivity index (χ1) is 7.28. The van der Waals surface area contributed by atoms with E-state index < -0.39 is 0 Å². The Kier molecular flexibility index (Phi) is 1.79. The third kappa shape index (κ3) is 1.33. The number of rotatable bonds is 1. The van der Waals surface area contributed by atoms with E-state index in [1.54, 1.807) is 6.20 Å². The van der Waals surface area contributed by atoms with E-state index in [-0.39, 0.29) is 5.54 Å². The van der Waals surface area contributed by atoms with Crippen molar-refractivity contribution in [3.05, 3.63) is 24.3 Å². The third-order valence-corrected chi connectivity index (χ3v) is 3.17. The molecular formula is C11H14N4. The van der Waals surface area contributed by atoms with E-state index in [9.17, 15) is 0 Å². The van der Waals surface area contributed by atoms with Crippen molar-refractivity contribution in [2.75, 3.05) is 6.54 Å². The van der Waals surface area contributed by atoms with E-state index in [1.165, 1.54) is 6.42 Å². The first kappa shape index (κ1) is 8.85. The van der Waals surface area contributed by atoms with Crippen molar-refractivity contribution in [3.63, 3.8) is 0 Å². The van der Waals surface area contributed by atoms with Gasteiger partial charge in [0.15, 0.2) is 0 Å². The monoisotopic (exact) mass is 202 g/mol. The first-order valence-corrected chi connectivity index (χ1v) is 5.33. The molecule has 0 radical (unpaired) electrons. The molecule has 1 aliphatic rings. The predicted molar refractivity (Wildman–Crippen MR) is 58.5 cm³/mol. The van der Waals surface area contributed by atoms with Gasteiger partial charge in [0, 0.05) is 6.20 Å². The van der Waals surface area contributed by atoms with Crippen LogP contribution >= 0.6 is 0 Å². The highest BCUT2D eigenvalue weighted by Crippen LogP contribution is 2.29. The summed E-state index contributed by atoms with van der Waals surface area (Å²) in [5.41, 5.74) is 2.02. The van der Waals surface area contributed by atoms with Crippen molar-refractivity contribution in [1.82, 2.24) is 20.3 Å². The van der Waals surface area contributed by atoms with Gasteiger partial charge in [-0.1, -0.05) is 0 Å². The highest BCUT2D eigenvalue weighted by molar-refractivity contribution is 5.73. The lowest BCUT2D eigenvalue weighted by Crippen LogP contribution is -2.34. The van der Waals surface area contributed by atoms with E-state index in [0.717, 1.165) is 29.8 Å². The molecule has 1 atom stereocenters. The van der Waals surface area contributed by atoms with Gasteiger partial charge in [-0.25, -0.2) is 4.98 Å². The van der Waals surface area contributed by atoms with E-state index in [4.69, 9.17) is 0 Å². The smallest absolute Gasteiger partial charge is 0.127 e. The summed E-state index contributed by atoms with van der Waals surface area (Å²) in [5, 5.41) is 3.50. The van der Waals surface area contributed by atoms with Gasteiger partial charge in [-0.2, -0.15) is 0 Å². The van der Waals surface area contributed by atoms with Crippen LogP contribution in [-0.2, 0) is 5.54 Å². The molecule has 0 bridgehead atoms. The highest BCUT2D eigenvalue weighted by Gasteiger charge is 2.32. The maximum absolute atomic E-state index is 4.61. The lowest BCUT2D eigenvalue weighted by atomic mass is 10.00. The molecule has 2 aromatic heterocycles. The number of aromatic nitrogens is 3. The number of hydrogen-bond donors (Lipinski definition) is 2. The molecule has 1 unspecified atom stereocenters. The molecule has 3 rings (SSSR count). The molecule has 2 aromatic rings. The second-order valence-corrected chi connectivity index (χ2v) is 4.34. The van der Waals surface area contributed by atoms with Gasteiger partial charge in [0.25, 0.3) is 0 Å². The summed E-state index contributed by atoms with van der Waals surface area (Å²) in [6.07, 6.45) is 5.95. The van der Waals surface area contributed by atoms with Crippen LogP contribution in [0.3, 0.4) is 0 Å². The number of nitrogens with zero attached hydrogens (tertiary/aromatic N) is 2. The third-order valence-electron chi connectivity index (χ3n) is 3.17. The molecule has 4 heteroatoms. The average Bonchev–Trinajstić information content (AvgIpc) is 2.84. The molecule has 2 N–H and O–H groups in total. The molecule has 0 aliphatic carbocycles. The van der Waals surface area contributed by atoms with Crippen molar-refractivity contribution in [2.24, 2.45) is 0 Å². The van der Waals surface area contributed by atoms with E-state index in [1.807, 2.05) is 12.3 Å². The van der Waals surface area contributed by atoms with Gasteiger partial charge >= 0.3 is 0 Å². The van der Waals surface area contributed by atoms with Crippen molar-refractivity contribution in [3.8, 4) is 0 Å². The fourth-order valence-electron chi connectivity index (χ4n) is 2.21. The van der Waals surface area contributed by atoms with Gasteiger partial charge in [0.1, 0.15) is 5.82 Å². The number of aromatic amines is 1. The van der Waals surface area contributed by atoms with Crippen LogP contribution in [0.15, 0.2) is 18.5 Å². The second-order valence-electron chi connectivity index (χ2n) is 4.34. The summed E-state index contributed by atoms with van der Waals surface area (Å²) in [5.74, 6) is 1.03. The average molecular weight is 202 g/mol. The molecule has 78 valence electrons. The van der Waals surface area contributed by atoms with Gasteiger partial charge < -0.3 is 10.3 Å². The Morgan fingerprint density at radius 2 is 2.40 bits per heavy atom. The van der Waals surface area contributed by atoms with E-state index in [0.29, 0.717) is 0 Å².